The molecule has 0 spiro atoms. The molecule has 1 unspecified atom stereocenters. The summed E-state index contributed by atoms with van der Waals surface area (Å²) >= 11 is 0. The first kappa shape index (κ1) is 32.8. The third-order valence-corrected chi connectivity index (χ3v) is 6.06. The number of rotatable bonds is 8. The number of aryl methyl sites for hydroxylation is 1. The van der Waals surface area contributed by atoms with Crippen LogP contribution < -0.4 is 0 Å². The first-order valence-electron chi connectivity index (χ1n) is 13.5. The maximum atomic E-state index is 11.6. The zero-order valence-electron chi connectivity index (χ0n) is 24.1. The predicted molar refractivity (Wildman–Crippen MR) is 153 cm³/mol. The Kier molecular flexibility index (Phi) is 16.9. The second-order valence-electron chi connectivity index (χ2n) is 10.7. The topological polar surface area (TPSA) is 49.7 Å². The van der Waals surface area contributed by atoms with Crippen LogP contribution in [0.2, 0.25) is 0 Å². The summed E-state index contributed by atoms with van der Waals surface area (Å²) in [7, 11) is 0. The van der Waals surface area contributed by atoms with Gasteiger partial charge in [0.25, 0.3) is 0 Å². The van der Waals surface area contributed by atoms with Crippen LogP contribution in [0.15, 0.2) is 35.0 Å². The number of aliphatic imine (C=N–C) groups is 1. The average molecular weight is 485 g/mol. The normalized spacial score (nSPS) is 14.9. The molecule has 1 amide bonds. The van der Waals surface area contributed by atoms with Gasteiger partial charge in [0.15, 0.2) is 0 Å². The fourth-order valence-corrected chi connectivity index (χ4v) is 3.48. The predicted octanol–water partition coefficient (Wildman–Crippen LogP) is 8.15. The molecule has 1 aromatic rings. The van der Waals surface area contributed by atoms with E-state index in [1.54, 1.807) is 0 Å². The molecule has 4 heteroatoms. The minimum atomic E-state index is 0.139. The summed E-state index contributed by atoms with van der Waals surface area (Å²) in [5, 5.41) is 0. The number of nitrogens with zero attached hydrogens (tertiary/aromatic N) is 2. The summed E-state index contributed by atoms with van der Waals surface area (Å²) in [4.78, 5) is 27.0. The van der Waals surface area contributed by atoms with Crippen molar-refractivity contribution in [2.24, 2.45) is 16.3 Å². The van der Waals surface area contributed by atoms with Gasteiger partial charge in [0, 0.05) is 31.4 Å². The van der Waals surface area contributed by atoms with E-state index in [9.17, 15) is 4.79 Å². The molecule has 35 heavy (non-hydrogen) atoms. The van der Waals surface area contributed by atoms with Crippen molar-refractivity contribution in [3.63, 3.8) is 0 Å². The Morgan fingerprint density at radius 1 is 1.09 bits per heavy atom. The average Bonchev–Trinajstić information content (AvgIpc) is 3.36. The first-order valence-corrected chi connectivity index (χ1v) is 13.5. The van der Waals surface area contributed by atoms with Gasteiger partial charge in [0.2, 0.25) is 5.91 Å². The molecule has 0 N–H and O–H groups in total. The number of aldehydes is 1. The summed E-state index contributed by atoms with van der Waals surface area (Å²) < 4.78 is 0. The quantitative estimate of drug-likeness (QED) is 0.276. The monoisotopic (exact) mass is 484 g/mol. The number of allylic oxidation sites excluding steroid dienone is 2. The van der Waals surface area contributed by atoms with Crippen LogP contribution in [-0.2, 0) is 16.0 Å². The summed E-state index contributed by atoms with van der Waals surface area (Å²) in [5.74, 6) is 0.883. The number of benzene rings is 1. The third-order valence-electron chi connectivity index (χ3n) is 6.06. The van der Waals surface area contributed by atoms with Gasteiger partial charge >= 0.3 is 0 Å². The number of amides is 1. The molecule has 1 fully saturated rings. The van der Waals surface area contributed by atoms with Crippen molar-refractivity contribution >= 4 is 24.0 Å². The van der Waals surface area contributed by atoms with Crippen molar-refractivity contribution in [3.8, 4) is 0 Å². The van der Waals surface area contributed by atoms with E-state index < -0.39 is 0 Å². The highest BCUT2D eigenvalue weighted by molar-refractivity contribution is 5.77. The van der Waals surface area contributed by atoms with Crippen molar-refractivity contribution in [1.29, 1.82) is 0 Å². The number of likely N-dealkylation sites (tertiary alicyclic amines) is 1. The van der Waals surface area contributed by atoms with E-state index in [0.717, 1.165) is 31.5 Å². The number of hydrogen-bond donors (Lipinski definition) is 0. The summed E-state index contributed by atoms with van der Waals surface area (Å²) in [6.07, 6.45) is 10.7. The van der Waals surface area contributed by atoms with Crippen molar-refractivity contribution < 1.29 is 9.59 Å². The number of carbonyl (C=O) groups is 2. The highest BCUT2D eigenvalue weighted by Gasteiger charge is 2.22. The van der Waals surface area contributed by atoms with E-state index in [0.29, 0.717) is 18.2 Å². The van der Waals surface area contributed by atoms with E-state index >= 15 is 0 Å². The second-order valence-corrected chi connectivity index (χ2v) is 10.7. The Morgan fingerprint density at radius 2 is 1.63 bits per heavy atom. The minimum Gasteiger partial charge on any atom is -0.343 e. The summed E-state index contributed by atoms with van der Waals surface area (Å²) in [5.41, 5.74) is 5.24. The van der Waals surface area contributed by atoms with Crippen LogP contribution in [0, 0.1) is 11.3 Å². The summed E-state index contributed by atoms with van der Waals surface area (Å²) in [6.45, 7) is 20.6. The molecule has 1 saturated heterocycles. The fourth-order valence-electron chi connectivity index (χ4n) is 3.48. The molecule has 1 atom stereocenters. The Bertz CT molecular complexity index is 779. The Balaban J connectivity index is 0.000000652. The smallest absolute Gasteiger partial charge is 0.223 e. The Labute approximate surface area is 216 Å². The fraction of sp³-hybridized carbons (Fsp3) is 0.645. The molecule has 0 aliphatic carbocycles. The van der Waals surface area contributed by atoms with Gasteiger partial charge in [-0.2, -0.15) is 0 Å². The molecule has 4 nitrogen and oxygen atoms in total. The van der Waals surface area contributed by atoms with Gasteiger partial charge in [-0.05, 0) is 80.9 Å². The van der Waals surface area contributed by atoms with Crippen molar-refractivity contribution in [3.05, 3.63) is 41.1 Å². The molecule has 1 aliphatic rings. The highest BCUT2D eigenvalue weighted by atomic mass is 16.2. The van der Waals surface area contributed by atoms with Gasteiger partial charge in [-0.25, -0.2) is 0 Å². The molecule has 1 aliphatic heterocycles. The van der Waals surface area contributed by atoms with Gasteiger partial charge in [-0.15, -0.1) is 0 Å². The van der Waals surface area contributed by atoms with E-state index in [1.807, 2.05) is 4.90 Å². The molecule has 0 radical (unpaired) electrons. The highest BCUT2D eigenvalue weighted by Crippen LogP contribution is 2.22. The Morgan fingerprint density at radius 3 is 2.09 bits per heavy atom. The molecule has 1 heterocycles. The van der Waals surface area contributed by atoms with Crippen LogP contribution in [0.1, 0.15) is 112 Å². The van der Waals surface area contributed by atoms with E-state index in [2.05, 4.69) is 90.9 Å². The molecule has 2 rings (SSSR count). The second kappa shape index (κ2) is 18.1. The van der Waals surface area contributed by atoms with Gasteiger partial charge in [-0.1, -0.05) is 72.2 Å². The van der Waals surface area contributed by atoms with E-state index in [-0.39, 0.29) is 5.41 Å². The van der Waals surface area contributed by atoms with Crippen LogP contribution in [0.5, 0.6) is 0 Å². The zero-order valence-corrected chi connectivity index (χ0v) is 24.1. The van der Waals surface area contributed by atoms with Crippen molar-refractivity contribution in [1.82, 2.24) is 4.90 Å². The van der Waals surface area contributed by atoms with Crippen molar-refractivity contribution in [2.75, 3.05) is 13.1 Å². The molecule has 0 aromatic heterocycles. The number of carbonyl (C=O) groups excluding carboxylic acids is 2. The first-order chi connectivity index (χ1) is 16.5. The number of hydrogen-bond acceptors (Lipinski definition) is 3. The molecular formula is C31H52N2O2. The maximum Gasteiger partial charge on any atom is 0.223 e. The SMILES string of the molecule is CC(C)(C)CC(=O)N1CCCC1.CC=O.CCCCc1ccc(/C(C)=C(\C)N=CC(C)CC)cc1. The van der Waals surface area contributed by atoms with Crippen LogP contribution in [0.3, 0.4) is 0 Å². The van der Waals surface area contributed by atoms with Gasteiger partial charge < -0.3 is 9.69 Å². The lowest BCUT2D eigenvalue weighted by Crippen LogP contribution is -2.30. The molecular weight excluding hydrogens is 432 g/mol. The summed E-state index contributed by atoms with van der Waals surface area (Å²) in [6, 6.07) is 8.95. The van der Waals surface area contributed by atoms with E-state index in [1.165, 1.54) is 55.7 Å². The minimum absolute atomic E-state index is 0.139. The third kappa shape index (κ3) is 15.4. The van der Waals surface area contributed by atoms with Crippen LogP contribution in [0.4, 0.5) is 0 Å². The Hall–Kier alpha value is -2.23. The van der Waals surface area contributed by atoms with Gasteiger partial charge in [0.1, 0.15) is 6.29 Å². The van der Waals surface area contributed by atoms with Crippen LogP contribution in [0.25, 0.3) is 5.57 Å². The van der Waals surface area contributed by atoms with Crippen molar-refractivity contribution in [2.45, 2.75) is 107 Å². The van der Waals surface area contributed by atoms with Crippen LogP contribution in [-0.4, -0.2) is 36.4 Å². The van der Waals surface area contributed by atoms with Gasteiger partial charge in [0.05, 0.1) is 0 Å². The van der Waals surface area contributed by atoms with Gasteiger partial charge in [-0.3, -0.25) is 9.79 Å². The number of unbranched alkanes of at least 4 members (excludes halogenated alkanes) is 1. The molecule has 198 valence electrons. The standard InChI is InChI=1S/C19H29N.C10H19NO.C2H4O/c1-6-8-9-18-10-12-19(13-11-18)16(4)17(5)20-14-15(3)7-2;1-10(2,3)8-9(12)11-6-4-5-7-11;1-2-3/h10-15H,6-9H2,1-5H3;4-8H2,1-3H3;2H,1H3/b17-16+,20-14?;;. The largest absolute Gasteiger partial charge is 0.343 e. The maximum absolute atomic E-state index is 11.6. The molecule has 1 aromatic carbocycles. The van der Waals surface area contributed by atoms with E-state index in [4.69, 9.17) is 4.79 Å². The lowest BCUT2D eigenvalue weighted by molar-refractivity contribution is -0.132. The molecule has 0 bridgehead atoms. The molecule has 0 saturated carbocycles. The van der Waals surface area contributed by atoms with Crippen LogP contribution >= 0.6 is 0 Å². The lowest BCUT2D eigenvalue weighted by Gasteiger charge is -2.22. The zero-order chi connectivity index (χ0) is 26.9. The lowest BCUT2D eigenvalue weighted by atomic mass is 9.92.